The lowest BCUT2D eigenvalue weighted by Crippen LogP contribution is -2.11. The van der Waals surface area contributed by atoms with Crippen LogP contribution in [0, 0.1) is 39.0 Å². The summed E-state index contributed by atoms with van der Waals surface area (Å²) in [5.41, 5.74) is 8.12. The van der Waals surface area contributed by atoms with E-state index in [9.17, 15) is 0 Å². The minimum atomic E-state index is 0.207. The van der Waals surface area contributed by atoms with Gasteiger partial charge in [-0.15, -0.1) is 0 Å². The number of benzene rings is 2. The van der Waals surface area contributed by atoms with Crippen LogP contribution in [0.5, 0.6) is 0 Å². The molecule has 2 aromatic carbocycles. The second kappa shape index (κ2) is 6.01. The monoisotopic (exact) mass is 278 g/mol. The van der Waals surface area contributed by atoms with Crippen LogP contribution >= 0.6 is 0 Å². The fraction of sp³-hybridized carbons (Fsp3) is 0.316. The molecule has 0 saturated carbocycles. The van der Waals surface area contributed by atoms with Gasteiger partial charge in [0.1, 0.15) is 0 Å². The molecule has 2 heteroatoms. The average molecular weight is 278 g/mol. The second-order valence-electron chi connectivity index (χ2n) is 5.82. The highest BCUT2D eigenvalue weighted by molar-refractivity contribution is 5.57. The molecule has 1 atom stereocenters. The summed E-state index contributed by atoms with van der Waals surface area (Å²) < 4.78 is 0. The van der Waals surface area contributed by atoms with E-state index in [2.05, 4.69) is 58.1 Å². The van der Waals surface area contributed by atoms with E-state index in [0.29, 0.717) is 5.56 Å². The first-order chi connectivity index (χ1) is 9.92. The van der Waals surface area contributed by atoms with Crippen LogP contribution in [-0.4, -0.2) is 0 Å². The zero-order valence-electron chi connectivity index (χ0n) is 13.4. The van der Waals surface area contributed by atoms with Crippen molar-refractivity contribution in [2.24, 2.45) is 0 Å². The van der Waals surface area contributed by atoms with Gasteiger partial charge in [0.05, 0.1) is 11.6 Å². The normalized spacial score (nSPS) is 11.8. The van der Waals surface area contributed by atoms with Crippen LogP contribution < -0.4 is 5.32 Å². The maximum Gasteiger partial charge on any atom is 0.0992 e. The van der Waals surface area contributed by atoms with Crippen LogP contribution in [0.3, 0.4) is 0 Å². The van der Waals surface area contributed by atoms with E-state index in [1.54, 1.807) is 0 Å². The van der Waals surface area contributed by atoms with E-state index in [-0.39, 0.29) is 6.04 Å². The van der Waals surface area contributed by atoms with Crippen LogP contribution in [0.25, 0.3) is 0 Å². The van der Waals surface area contributed by atoms with Gasteiger partial charge in [-0.05, 0) is 69.0 Å². The van der Waals surface area contributed by atoms with Gasteiger partial charge in [0.25, 0.3) is 0 Å². The third-order valence-electron chi connectivity index (χ3n) is 3.91. The predicted molar refractivity (Wildman–Crippen MR) is 88.6 cm³/mol. The highest BCUT2D eigenvalue weighted by Gasteiger charge is 2.13. The van der Waals surface area contributed by atoms with E-state index < -0.39 is 0 Å². The fourth-order valence-corrected chi connectivity index (χ4v) is 3.03. The molecule has 0 aliphatic carbocycles. The zero-order chi connectivity index (χ0) is 15.6. The van der Waals surface area contributed by atoms with Gasteiger partial charge in [-0.25, -0.2) is 0 Å². The van der Waals surface area contributed by atoms with Crippen LogP contribution in [0.4, 0.5) is 5.69 Å². The molecule has 0 spiro atoms. The van der Waals surface area contributed by atoms with Crippen LogP contribution in [0.15, 0.2) is 30.3 Å². The Morgan fingerprint density at radius 1 is 0.952 bits per heavy atom. The Morgan fingerprint density at radius 3 is 2.14 bits per heavy atom. The first kappa shape index (κ1) is 15.1. The summed E-state index contributed by atoms with van der Waals surface area (Å²) in [6, 6.07) is 12.6. The molecule has 0 aliphatic heterocycles. The number of nitriles is 1. The Morgan fingerprint density at radius 2 is 1.57 bits per heavy atom. The molecule has 1 unspecified atom stereocenters. The molecule has 2 rings (SSSR count). The number of hydrogen-bond donors (Lipinski definition) is 1. The molecule has 0 bridgehead atoms. The first-order valence-corrected chi connectivity index (χ1v) is 7.27. The van der Waals surface area contributed by atoms with Crippen molar-refractivity contribution < 1.29 is 0 Å². The van der Waals surface area contributed by atoms with Crippen LogP contribution in [-0.2, 0) is 0 Å². The SMILES string of the molecule is Cc1cc(C)c(C(C)Nc2cc(C#N)ccc2C)c(C)c1. The van der Waals surface area contributed by atoms with E-state index in [4.69, 9.17) is 5.26 Å². The quantitative estimate of drug-likeness (QED) is 0.860. The first-order valence-electron chi connectivity index (χ1n) is 7.27. The lowest BCUT2D eigenvalue weighted by Gasteiger charge is -2.22. The Balaban J connectivity index is 2.35. The Bertz CT molecular complexity index is 685. The van der Waals surface area contributed by atoms with Gasteiger partial charge in [-0.3, -0.25) is 0 Å². The Kier molecular flexibility index (Phi) is 4.33. The third-order valence-corrected chi connectivity index (χ3v) is 3.91. The molecule has 1 N–H and O–H groups in total. The van der Waals surface area contributed by atoms with Crippen molar-refractivity contribution in [3.05, 3.63) is 63.7 Å². The molecule has 0 radical (unpaired) electrons. The van der Waals surface area contributed by atoms with Crippen molar-refractivity contribution >= 4 is 5.69 Å². The van der Waals surface area contributed by atoms with Crippen molar-refractivity contribution in [2.75, 3.05) is 5.32 Å². The third kappa shape index (κ3) is 3.25. The molecular weight excluding hydrogens is 256 g/mol. The van der Waals surface area contributed by atoms with Crippen LogP contribution in [0.2, 0.25) is 0 Å². The summed E-state index contributed by atoms with van der Waals surface area (Å²) in [6.07, 6.45) is 0. The van der Waals surface area contributed by atoms with Crippen molar-refractivity contribution in [3.8, 4) is 6.07 Å². The highest BCUT2D eigenvalue weighted by Crippen LogP contribution is 2.28. The molecule has 0 aliphatic rings. The summed E-state index contributed by atoms with van der Waals surface area (Å²) in [7, 11) is 0. The number of nitrogens with one attached hydrogen (secondary N) is 1. The Labute approximate surface area is 127 Å². The molecule has 0 heterocycles. The van der Waals surface area contributed by atoms with Crippen molar-refractivity contribution in [2.45, 2.75) is 40.7 Å². The molecule has 2 aromatic rings. The predicted octanol–water partition coefficient (Wildman–Crippen LogP) is 4.97. The molecular formula is C19H22N2. The lowest BCUT2D eigenvalue weighted by atomic mass is 9.94. The summed E-state index contributed by atoms with van der Waals surface area (Å²) >= 11 is 0. The van der Waals surface area contributed by atoms with Gasteiger partial charge in [0.2, 0.25) is 0 Å². The fourth-order valence-electron chi connectivity index (χ4n) is 3.03. The maximum absolute atomic E-state index is 9.05. The molecule has 0 saturated heterocycles. The topological polar surface area (TPSA) is 35.8 Å². The lowest BCUT2D eigenvalue weighted by molar-refractivity contribution is 0.860. The number of aryl methyl sites for hydroxylation is 4. The largest absolute Gasteiger partial charge is 0.378 e. The molecule has 21 heavy (non-hydrogen) atoms. The van der Waals surface area contributed by atoms with Gasteiger partial charge in [0.15, 0.2) is 0 Å². The van der Waals surface area contributed by atoms with E-state index in [1.165, 1.54) is 22.3 Å². The molecule has 2 nitrogen and oxygen atoms in total. The maximum atomic E-state index is 9.05. The van der Waals surface area contributed by atoms with E-state index >= 15 is 0 Å². The number of hydrogen-bond acceptors (Lipinski definition) is 2. The van der Waals surface area contributed by atoms with E-state index in [1.807, 2.05) is 18.2 Å². The van der Waals surface area contributed by atoms with Gasteiger partial charge in [-0.2, -0.15) is 5.26 Å². The smallest absolute Gasteiger partial charge is 0.0992 e. The Hall–Kier alpha value is -2.27. The minimum absolute atomic E-state index is 0.207. The molecule has 0 fully saturated rings. The van der Waals surface area contributed by atoms with Gasteiger partial charge < -0.3 is 5.32 Å². The van der Waals surface area contributed by atoms with E-state index in [0.717, 1.165) is 11.3 Å². The highest BCUT2D eigenvalue weighted by atomic mass is 14.9. The average Bonchev–Trinajstić information content (AvgIpc) is 2.40. The second-order valence-corrected chi connectivity index (χ2v) is 5.82. The van der Waals surface area contributed by atoms with Gasteiger partial charge >= 0.3 is 0 Å². The minimum Gasteiger partial charge on any atom is -0.378 e. The van der Waals surface area contributed by atoms with Crippen molar-refractivity contribution in [1.29, 1.82) is 5.26 Å². The summed E-state index contributed by atoms with van der Waals surface area (Å²) in [5, 5.41) is 12.6. The molecule has 0 amide bonds. The summed E-state index contributed by atoms with van der Waals surface area (Å²) in [4.78, 5) is 0. The van der Waals surface area contributed by atoms with Crippen LogP contribution in [0.1, 0.15) is 46.3 Å². The summed E-state index contributed by atoms with van der Waals surface area (Å²) in [5.74, 6) is 0. The molecule has 108 valence electrons. The van der Waals surface area contributed by atoms with Gasteiger partial charge in [-0.1, -0.05) is 23.8 Å². The standard InChI is InChI=1S/C19H22N2/c1-12-8-14(3)19(15(4)9-12)16(5)21-18-10-17(11-20)7-6-13(18)2/h6-10,16,21H,1-5H3. The number of nitrogens with zero attached hydrogens (tertiary/aromatic N) is 1. The van der Waals surface area contributed by atoms with Crippen molar-refractivity contribution in [1.82, 2.24) is 0 Å². The summed E-state index contributed by atoms with van der Waals surface area (Å²) in [6.45, 7) is 10.7. The molecule has 0 aromatic heterocycles. The number of anilines is 1. The zero-order valence-corrected chi connectivity index (χ0v) is 13.4. The van der Waals surface area contributed by atoms with Gasteiger partial charge in [0, 0.05) is 11.7 Å². The number of rotatable bonds is 3. The van der Waals surface area contributed by atoms with Crippen molar-refractivity contribution in [3.63, 3.8) is 0 Å².